The van der Waals surface area contributed by atoms with Gasteiger partial charge >= 0.3 is 5.97 Å². The highest BCUT2D eigenvalue weighted by atomic mass is 79.9. The number of methoxy groups -OCH3 is 1. The molecule has 0 aliphatic rings. The fourth-order valence-corrected chi connectivity index (χ4v) is 4.74. The molecule has 6 nitrogen and oxygen atoms in total. The number of carboxylic acids is 1. The molecule has 0 bridgehead atoms. The van der Waals surface area contributed by atoms with Crippen molar-refractivity contribution in [1.82, 2.24) is 4.72 Å². The third-order valence-electron chi connectivity index (χ3n) is 2.31. The van der Waals surface area contributed by atoms with Crippen molar-refractivity contribution in [1.29, 1.82) is 0 Å². The maximum Gasteiger partial charge on any atom is 0.321 e. The number of carbonyl (C=O) groups is 1. The maximum atomic E-state index is 12.1. The summed E-state index contributed by atoms with van der Waals surface area (Å²) in [6.07, 6.45) is 0.0661. The summed E-state index contributed by atoms with van der Waals surface area (Å²) >= 11 is 4.28. The number of nitrogens with one attached hydrogen (secondary N) is 1. The number of aryl methyl sites for hydroxylation is 1. The molecule has 0 spiro atoms. The van der Waals surface area contributed by atoms with Crippen LogP contribution in [0.15, 0.2) is 14.1 Å². The van der Waals surface area contributed by atoms with E-state index in [0.717, 1.165) is 16.9 Å². The van der Waals surface area contributed by atoms with Crippen LogP contribution in [0.2, 0.25) is 0 Å². The van der Waals surface area contributed by atoms with Crippen molar-refractivity contribution in [2.75, 3.05) is 13.7 Å². The molecule has 0 aliphatic heterocycles. The van der Waals surface area contributed by atoms with Crippen LogP contribution >= 0.6 is 27.3 Å². The summed E-state index contributed by atoms with van der Waals surface area (Å²) in [6, 6.07) is 0.290. The molecule has 2 N–H and O–H groups in total. The first-order valence-electron chi connectivity index (χ1n) is 5.28. The van der Waals surface area contributed by atoms with Crippen LogP contribution in [0.5, 0.6) is 0 Å². The zero-order valence-electron chi connectivity index (χ0n) is 10.3. The van der Waals surface area contributed by atoms with Crippen LogP contribution in [0.25, 0.3) is 0 Å². The molecule has 1 aromatic heterocycles. The molecule has 1 heterocycles. The molecule has 1 unspecified atom stereocenters. The third-order valence-corrected chi connectivity index (χ3v) is 6.39. The minimum atomic E-state index is -3.83. The Morgan fingerprint density at radius 1 is 1.63 bits per heavy atom. The number of hydrogen-bond donors (Lipinski definition) is 2. The van der Waals surface area contributed by atoms with Gasteiger partial charge in [-0.2, -0.15) is 4.72 Å². The Morgan fingerprint density at radius 3 is 2.68 bits per heavy atom. The van der Waals surface area contributed by atoms with Gasteiger partial charge in [0, 0.05) is 13.7 Å². The zero-order valence-corrected chi connectivity index (χ0v) is 13.6. The normalized spacial score (nSPS) is 13.4. The fraction of sp³-hybridized carbons (Fsp3) is 0.500. The molecule has 0 aliphatic carbocycles. The molecular formula is C10H14BrNO5S2. The molecule has 0 amide bonds. The van der Waals surface area contributed by atoms with E-state index in [1.807, 2.05) is 0 Å². The average molecular weight is 372 g/mol. The molecule has 0 fully saturated rings. The standard InChI is InChI=1S/C10H14BrNO5S2/c1-6-5-8(18-9(6)11)19(15,16)12-7(10(13)14)3-4-17-2/h5,7,12H,3-4H2,1-2H3,(H,13,14). The summed E-state index contributed by atoms with van der Waals surface area (Å²) in [4.78, 5) is 11.0. The summed E-state index contributed by atoms with van der Waals surface area (Å²) < 4.78 is 31.8. The van der Waals surface area contributed by atoms with Crippen LogP contribution in [-0.4, -0.2) is 39.3 Å². The van der Waals surface area contributed by atoms with E-state index in [1.54, 1.807) is 6.92 Å². The first-order valence-corrected chi connectivity index (χ1v) is 8.37. The van der Waals surface area contributed by atoms with Gasteiger partial charge in [0.25, 0.3) is 10.0 Å². The van der Waals surface area contributed by atoms with Crippen molar-refractivity contribution >= 4 is 43.3 Å². The topological polar surface area (TPSA) is 92.7 Å². The Morgan fingerprint density at radius 2 is 2.26 bits per heavy atom. The van der Waals surface area contributed by atoms with Gasteiger partial charge in [0.2, 0.25) is 0 Å². The van der Waals surface area contributed by atoms with Crippen molar-refractivity contribution in [2.45, 2.75) is 23.6 Å². The second-order valence-corrected chi connectivity index (χ2v) is 8.13. The summed E-state index contributed by atoms with van der Waals surface area (Å²) in [5.74, 6) is -1.23. The van der Waals surface area contributed by atoms with Crippen molar-refractivity contribution < 1.29 is 23.1 Å². The molecule has 0 saturated heterocycles. The van der Waals surface area contributed by atoms with E-state index in [-0.39, 0.29) is 17.2 Å². The number of rotatable bonds is 7. The van der Waals surface area contributed by atoms with Crippen LogP contribution in [-0.2, 0) is 19.6 Å². The maximum absolute atomic E-state index is 12.1. The molecular weight excluding hydrogens is 358 g/mol. The molecule has 1 rings (SSSR count). The number of carboxylic acid groups (broad SMARTS) is 1. The molecule has 0 radical (unpaired) electrons. The quantitative estimate of drug-likeness (QED) is 0.758. The van der Waals surface area contributed by atoms with Gasteiger partial charge in [0.05, 0.1) is 3.79 Å². The Hall–Kier alpha value is -0.480. The zero-order chi connectivity index (χ0) is 14.6. The average Bonchev–Trinajstić information content (AvgIpc) is 2.65. The van der Waals surface area contributed by atoms with Crippen LogP contribution in [0.4, 0.5) is 0 Å². The predicted molar refractivity (Wildman–Crippen MR) is 75.0 cm³/mol. The lowest BCUT2D eigenvalue weighted by molar-refractivity contribution is -0.139. The summed E-state index contributed by atoms with van der Waals surface area (Å²) in [7, 11) is -2.41. The van der Waals surface area contributed by atoms with Crippen molar-refractivity contribution in [3.8, 4) is 0 Å². The first kappa shape index (κ1) is 16.6. The van der Waals surface area contributed by atoms with Gasteiger partial charge in [0.15, 0.2) is 0 Å². The van der Waals surface area contributed by atoms with E-state index in [0.29, 0.717) is 3.79 Å². The van der Waals surface area contributed by atoms with E-state index < -0.39 is 22.0 Å². The second kappa shape index (κ2) is 6.80. The van der Waals surface area contributed by atoms with Crippen molar-refractivity contribution in [3.63, 3.8) is 0 Å². The van der Waals surface area contributed by atoms with Crippen molar-refractivity contribution in [3.05, 3.63) is 15.4 Å². The molecule has 9 heteroatoms. The van der Waals surface area contributed by atoms with Gasteiger partial charge in [0.1, 0.15) is 10.3 Å². The fourth-order valence-electron chi connectivity index (χ4n) is 1.28. The molecule has 19 heavy (non-hydrogen) atoms. The Labute approximate surface area is 124 Å². The largest absolute Gasteiger partial charge is 0.480 e. The number of aliphatic carboxylic acids is 1. The minimum Gasteiger partial charge on any atom is -0.480 e. The molecule has 1 atom stereocenters. The first-order chi connectivity index (χ1) is 8.77. The number of halogens is 1. The van der Waals surface area contributed by atoms with Gasteiger partial charge in [-0.1, -0.05) is 0 Å². The molecule has 0 saturated carbocycles. The Kier molecular flexibility index (Phi) is 5.93. The Balaban J connectivity index is 2.90. The van der Waals surface area contributed by atoms with Crippen LogP contribution in [0.1, 0.15) is 12.0 Å². The van der Waals surface area contributed by atoms with E-state index in [9.17, 15) is 13.2 Å². The lowest BCUT2D eigenvalue weighted by atomic mass is 10.2. The summed E-state index contributed by atoms with van der Waals surface area (Å²) in [5.41, 5.74) is 0.786. The smallest absolute Gasteiger partial charge is 0.321 e. The minimum absolute atomic E-state index is 0.0661. The Bertz CT molecular complexity index is 535. The third kappa shape index (κ3) is 4.53. The number of ether oxygens (including phenoxy) is 1. The number of hydrogen-bond acceptors (Lipinski definition) is 5. The molecule has 108 valence electrons. The van der Waals surface area contributed by atoms with E-state index >= 15 is 0 Å². The van der Waals surface area contributed by atoms with Crippen LogP contribution in [0.3, 0.4) is 0 Å². The highest BCUT2D eigenvalue weighted by Gasteiger charge is 2.26. The monoisotopic (exact) mass is 371 g/mol. The summed E-state index contributed by atoms with van der Waals surface area (Å²) in [5, 5.41) is 8.98. The van der Waals surface area contributed by atoms with Gasteiger partial charge in [-0.3, -0.25) is 4.79 Å². The van der Waals surface area contributed by atoms with Crippen LogP contribution in [0, 0.1) is 6.92 Å². The number of thiophene rings is 1. The predicted octanol–water partition coefficient (Wildman–Crippen LogP) is 1.59. The van der Waals surface area contributed by atoms with E-state index in [1.165, 1.54) is 13.2 Å². The van der Waals surface area contributed by atoms with Gasteiger partial charge in [-0.15, -0.1) is 11.3 Å². The van der Waals surface area contributed by atoms with Gasteiger partial charge in [-0.25, -0.2) is 8.42 Å². The van der Waals surface area contributed by atoms with Crippen LogP contribution < -0.4 is 4.72 Å². The van der Waals surface area contributed by atoms with Gasteiger partial charge in [-0.05, 0) is 40.9 Å². The second-order valence-electron chi connectivity index (χ2n) is 3.82. The lowest BCUT2D eigenvalue weighted by Gasteiger charge is -2.13. The molecule has 1 aromatic rings. The van der Waals surface area contributed by atoms with E-state index in [4.69, 9.17) is 9.84 Å². The molecule has 0 aromatic carbocycles. The SMILES string of the molecule is COCCC(NS(=O)(=O)c1cc(C)c(Br)s1)C(=O)O. The highest BCUT2D eigenvalue weighted by Crippen LogP contribution is 2.30. The lowest BCUT2D eigenvalue weighted by Crippen LogP contribution is -2.41. The summed E-state index contributed by atoms with van der Waals surface area (Å²) in [6.45, 7) is 1.92. The number of sulfonamides is 1. The highest BCUT2D eigenvalue weighted by molar-refractivity contribution is 9.11. The van der Waals surface area contributed by atoms with Crippen molar-refractivity contribution in [2.24, 2.45) is 0 Å². The van der Waals surface area contributed by atoms with Gasteiger partial charge < -0.3 is 9.84 Å². The van der Waals surface area contributed by atoms with E-state index in [2.05, 4.69) is 20.7 Å².